The first-order valence-electron chi connectivity index (χ1n) is 6.26. The van der Waals surface area contributed by atoms with E-state index in [0.29, 0.717) is 23.3 Å². The zero-order valence-electron chi connectivity index (χ0n) is 10.5. The predicted molar refractivity (Wildman–Crippen MR) is 70.6 cm³/mol. The number of hydrogen-bond acceptors (Lipinski definition) is 6. The van der Waals surface area contributed by atoms with E-state index >= 15 is 0 Å². The lowest BCUT2D eigenvalue weighted by Crippen LogP contribution is -2.25. The molecular weight excluding hydrogens is 268 g/mol. The summed E-state index contributed by atoms with van der Waals surface area (Å²) in [6.07, 6.45) is 3.26. The third-order valence-electron chi connectivity index (χ3n) is 3.85. The number of halogens is 1. The quantitative estimate of drug-likeness (QED) is 0.644. The van der Waals surface area contributed by atoms with Crippen molar-refractivity contribution in [1.29, 1.82) is 0 Å². The normalized spacial score (nSPS) is 31.7. The maximum atomic E-state index is 11.0. The smallest absolute Gasteiger partial charge is 0.302 e. The third kappa shape index (κ3) is 2.32. The van der Waals surface area contributed by atoms with Gasteiger partial charge in [-0.3, -0.25) is 4.79 Å². The summed E-state index contributed by atoms with van der Waals surface area (Å²) in [6.45, 7) is 1.44. The maximum Gasteiger partial charge on any atom is 0.302 e. The van der Waals surface area contributed by atoms with Gasteiger partial charge in [0.15, 0.2) is 11.0 Å². The van der Waals surface area contributed by atoms with Crippen molar-refractivity contribution in [3.63, 3.8) is 0 Å². The molecule has 2 saturated carbocycles. The van der Waals surface area contributed by atoms with Gasteiger partial charge in [0.1, 0.15) is 18.1 Å². The number of hydrogen-bond donors (Lipinski definition) is 2. The number of ether oxygens (including phenoxy) is 1. The fraction of sp³-hybridized carbons (Fsp3) is 0.583. The largest absolute Gasteiger partial charge is 0.462 e. The molecule has 1 heterocycles. The van der Waals surface area contributed by atoms with Crippen LogP contribution >= 0.6 is 11.6 Å². The monoisotopic (exact) mass is 282 g/mol. The van der Waals surface area contributed by atoms with Crippen LogP contribution in [0, 0.1) is 11.8 Å². The number of nitrogens with zero attached hydrogens (tertiary/aromatic N) is 2. The molecule has 1 aromatic rings. The van der Waals surface area contributed by atoms with Gasteiger partial charge in [-0.05, 0) is 12.3 Å². The van der Waals surface area contributed by atoms with Crippen molar-refractivity contribution in [2.45, 2.75) is 31.9 Å². The van der Waals surface area contributed by atoms with Crippen LogP contribution in [0.5, 0.6) is 0 Å². The predicted octanol–water partition coefficient (Wildman–Crippen LogP) is 1.46. The molecule has 0 bridgehead atoms. The molecule has 0 aromatic carbocycles. The highest BCUT2D eigenvalue weighted by molar-refractivity contribution is 6.32. The van der Waals surface area contributed by atoms with E-state index in [-0.39, 0.29) is 23.3 Å². The highest BCUT2D eigenvalue weighted by Gasteiger charge is 2.56. The van der Waals surface area contributed by atoms with Gasteiger partial charge in [0.05, 0.1) is 0 Å². The second-order valence-electron chi connectivity index (χ2n) is 5.12. The minimum atomic E-state index is -0.221. The summed E-state index contributed by atoms with van der Waals surface area (Å²) >= 11 is 5.86. The maximum absolute atomic E-state index is 11.0. The first kappa shape index (κ1) is 12.5. The van der Waals surface area contributed by atoms with Crippen molar-refractivity contribution in [3.05, 3.63) is 11.5 Å². The Morgan fingerprint density at radius 3 is 3.00 bits per heavy atom. The average molecular weight is 283 g/mol. The molecule has 6 nitrogen and oxygen atoms in total. The standard InChI is InChI=1S/C12H15ClN4O2/c1-5(18)19-9-3-8(6-2-7(6)9)17-12-10(14)11(13)15-4-16-12/h4,6-9H,2-3,14H2,1H3,(H,15,16,17)/t6-,7+,8-,9+/m1/s1. The first-order chi connectivity index (χ1) is 9.06. The first-order valence-corrected chi connectivity index (χ1v) is 6.63. The fourth-order valence-corrected chi connectivity index (χ4v) is 3.04. The number of nitrogens with two attached hydrogens (primary N) is 1. The molecule has 102 valence electrons. The molecule has 0 unspecified atom stereocenters. The molecule has 2 aliphatic rings. The number of carbonyl (C=O) groups excluding carboxylic acids is 1. The Kier molecular flexibility index (Phi) is 2.97. The van der Waals surface area contributed by atoms with E-state index in [2.05, 4.69) is 15.3 Å². The summed E-state index contributed by atoms with van der Waals surface area (Å²) in [6, 6.07) is 0.225. The zero-order chi connectivity index (χ0) is 13.6. The molecule has 0 saturated heterocycles. The Balaban J connectivity index is 1.69. The van der Waals surface area contributed by atoms with Crippen LogP contribution in [-0.2, 0) is 9.53 Å². The molecule has 0 amide bonds. The molecular formula is C12H15ClN4O2. The SMILES string of the molecule is CC(=O)O[C@H]1C[C@@H](Nc2ncnc(Cl)c2N)[C@@H]2C[C@@H]21. The van der Waals surface area contributed by atoms with Crippen LogP contribution < -0.4 is 11.1 Å². The molecule has 0 spiro atoms. The second kappa shape index (κ2) is 4.52. The van der Waals surface area contributed by atoms with E-state index in [0.717, 1.165) is 12.8 Å². The summed E-state index contributed by atoms with van der Waals surface area (Å²) in [5.74, 6) is 1.33. The number of rotatable bonds is 3. The average Bonchev–Trinajstić information content (AvgIpc) is 3.07. The van der Waals surface area contributed by atoms with Crippen LogP contribution in [0.15, 0.2) is 6.33 Å². The molecule has 2 fully saturated rings. The minimum Gasteiger partial charge on any atom is -0.462 e. The molecule has 2 aliphatic carbocycles. The van der Waals surface area contributed by atoms with E-state index in [1.54, 1.807) is 0 Å². The molecule has 7 heteroatoms. The zero-order valence-corrected chi connectivity index (χ0v) is 11.2. The van der Waals surface area contributed by atoms with Gasteiger partial charge in [0, 0.05) is 25.3 Å². The Labute approximate surface area is 115 Å². The van der Waals surface area contributed by atoms with Gasteiger partial charge in [-0.2, -0.15) is 0 Å². The number of fused-ring (bicyclic) bond motifs is 1. The Hall–Kier alpha value is -1.56. The Bertz CT molecular complexity index is 524. The number of anilines is 2. The molecule has 0 radical (unpaired) electrons. The van der Waals surface area contributed by atoms with Crippen molar-refractivity contribution in [3.8, 4) is 0 Å². The number of aromatic nitrogens is 2. The van der Waals surface area contributed by atoms with Crippen LogP contribution in [0.1, 0.15) is 19.8 Å². The third-order valence-corrected chi connectivity index (χ3v) is 4.15. The van der Waals surface area contributed by atoms with Gasteiger partial charge in [0.25, 0.3) is 0 Å². The lowest BCUT2D eigenvalue weighted by molar-refractivity contribution is -0.147. The van der Waals surface area contributed by atoms with E-state index in [1.807, 2.05) is 0 Å². The van der Waals surface area contributed by atoms with Gasteiger partial charge >= 0.3 is 5.97 Å². The molecule has 4 atom stereocenters. The Morgan fingerprint density at radius 2 is 2.26 bits per heavy atom. The van der Waals surface area contributed by atoms with Gasteiger partial charge in [-0.15, -0.1) is 0 Å². The topological polar surface area (TPSA) is 90.1 Å². The van der Waals surface area contributed by atoms with Crippen LogP contribution in [-0.4, -0.2) is 28.1 Å². The molecule has 19 heavy (non-hydrogen) atoms. The molecule has 3 rings (SSSR count). The van der Waals surface area contributed by atoms with Gasteiger partial charge in [-0.25, -0.2) is 9.97 Å². The lowest BCUT2D eigenvalue weighted by Gasteiger charge is -2.19. The van der Waals surface area contributed by atoms with Crippen LogP contribution in [0.4, 0.5) is 11.5 Å². The van der Waals surface area contributed by atoms with Gasteiger partial charge in [-0.1, -0.05) is 11.6 Å². The highest BCUT2D eigenvalue weighted by Crippen LogP contribution is 2.54. The van der Waals surface area contributed by atoms with E-state index in [9.17, 15) is 4.79 Å². The minimum absolute atomic E-state index is 0.0125. The van der Waals surface area contributed by atoms with Gasteiger partial charge < -0.3 is 15.8 Å². The van der Waals surface area contributed by atoms with E-state index < -0.39 is 0 Å². The van der Waals surface area contributed by atoms with Crippen LogP contribution in [0.2, 0.25) is 5.15 Å². The summed E-state index contributed by atoms with van der Waals surface area (Å²) in [5, 5.41) is 3.54. The second-order valence-corrected chi connectivity index (χ2v) is 5.48. The van der Waals surface area contributed by atoms with Crippen molar-refractivity contribution in [2.75, 3.05) is 11.1 Å². The van der Waals surface area contributed by atoms with Gasteiger partial charge in [0.2, 0.25) is 0 Å². The molecule has 1 aromatic heterocycles. The fourth-order valence-electron chi connectivity index (χ4n) is 2.91. The van der Waals surface area contributed by atoms with E-state index in [1.165, 1.54) is 13.3 Å². The molecule has 0 aliphatic heterocycles. The van der Waals surface area contributed by atoms with Crippen molar-refractivity contribution >= 4 is 29.1 Å². The lowest BCUT2D eigenvalue weighted by atomic mass is 10.1. The number of carbonyl (C=O) groups is 1. The number of nitrogen functional groups attached to an aromatic ring is 1. The summed E-state index contributed by atoms with van der Waals surface area (Å²) in [7, 11) is 0. The molecule has 3 N–H and O–H groups in total. The van der Waals surface area contributed by atoms with Crippen LogP contribution in [0.3, 0.4) is 0 Å². The highest BCUT2D eigenvalue weighted by atomic mass is 35.5. The summed E-state index contributed by atoms with van der Waals surface area (Å²) in [4.78, 5) is 18.9. The summed E-state index contributed by atoms with van der Waals surface area (Å²) in [5.41, 5.74) is 6.19. The number of esters is 1. The van der Waals surface area contributed by atoms with Crippen molar-refractivity contribution in [1.82, 2.24) is 9.97 Å². The van der Waals surface area contributed by atoms with E-state index in [4.69, 9.17) is 22.1 Å². The van der Waals surface area contributed by atoms with Crippen molar-refractivity contribution in [2.24, 2.45) is 11.8 Å². The van der Waals surface area contributed by atoms with Crippen LogP contribution in [0.25, 0.3) is 0 Å². The van der Waals surface area contributed by atoms with Crippen molar-refractivity contribution < 1.29 is 9.53 Å². The Morgan fingerprint density at radius 1 is 1.47 bits per heavy atom. The summed E-state index contributed by atoms with van der Waals surface area (Å²) < 4.78 is 5.32. The number of nitrogens with one attached hydrogen (secondary N) is 1.